The molecule has 1 aromatic carbocycles. The van der Waals surface area contributed by atoms with E-state index in [1.54, 1.807) is 7.11 Å². The molecule has 4 nitrogen and oxygen atoms in total. The predicted octanol–water partition coefficient (Wildman–Crippen LogP) is 3.24. The highest BCUT2D eigenvalue weighted by Crippen LogP contribution is 2.21. The van der Waals surface area contributed by atoms with E-state index in [1.165, 1.54) is 0 Å². The molecule has 1 unspecified atom stereocenters. The first kappa shape index (κ1) is 17.8. The summed E-state index contributed by atoms with van der Waals surface area (Å²) in [4.78, 5) is 2.11. The first-order chi connectivity index (χ1) is 9.82. The van der Waals surface area contributed by atoms with Gasteiger partial charge in [-0.05, 0) is 53.4 Å². The zero-order chi connectivity index (χ0) is 15.9. The van der Waals surface area contributed by atoms with Crippen molar-refractivity contribution in [3.8, 4) is 5.75 Å². The molecule has 0 amide bonds. The number of benzene rings is 1. The van der Waals surface area contributed by atoms with Crippen molar-refractivity contribution in [3.63, 3.8) is 0 Å². The molecule has 0 heterocycles. The van der Waals surface area contributed by atoms with Gasteiger partial charge in [-0.15, -0.1) is 0 Å². The van der Waals surface area contributed by atoms with Gasteiger partial charge in [-0.25, -0.2) is 0 Å². The number of nitrogens with one attached hydrogen (secondary N) is 1. The monoisotopic (exact) mass is 294 g/mol. The Balaban J connectivity index is 2.52. The summed E-state index contributed by atoms with van der Waals surface area (Å²) in [6.07, 6.45) is 0.940. The van der Waals surface area contributed by atoms with E-state index in [0.717, 1.165) is 24.4 Å². The maximum atomic E-state index is 5.75. The van der Waals surface area contributed by atoms with Gasteiger partial charge in [0.05, 0.1) is 5.60 Å². The van der Waals surface area contributed by atoms with Gasteiger partial charge in [-0.1, -0.05) is 6.07 Å². The van der Waals surface area contributed by atoms with Crippen LogP contribution in [0.2, 0.25) is 0 Å². The summed E-state index contributed by atoms with van der Waals surface area (Å²) >= 11 is 0. The minimum atomic E-state index is -0.119. The Morgan fingerprint density at radius 1 is 1.29 bits per heavy atom. The van der Waals surface area contributed by atoms with Crippen LogP contribution in [-0.2, 0) is 4.74 Å². The summed E-state index contributed by atoms with van der Waals surface area (Å²) in [5.74, 6) is 0.903. The predicted molar refractivity (Wildman–Crippen MR) is 89.3 cm³/mol. The number of anilines is 1. The second kappa shape index (κ2) is 8.25. The topological polar surface area (TPSA) is 33.7 Å². The van der Waals surface area contributed by atoms with E-state index >= 15 is 0 Å². The van der Waals surface area contributed by atoms with Gasteiger partial charge in [0.15, 0.2) is 0 Å². The van der Waals surface area contributed by atoms with Crippen molar-refractivity contribution in [2.24, 2.45) is 0 Å². The first-order valence-corrected chi connectivity index (χ1v) is 7.52. The van der Waals surface area contributed by atoms with Crippen molar-refractivity contribution in [2.45, 2.75) is 38.8 Å². The number of likely N-dealkylation sites (N-methyl/N-ethyl adjacent to an activating group) is 1. The number of rotatable bonds is 9. The Labute approximate surface area is 129 Å². The lowest BCUT2D eigenvalue weighted by Gasteiger charge is -2.27. The normalized spacial score (nSPS) is 13.3. The minimum absolute atomic E-state index is 0.119. The van der Waals surface area contributed by atoms with Crippen LogP contribution in [0.1, 0.15) is 27.2 Å². The molecule has 0 aliphatic heterocycles. The quantitative estimate of drug-likeness (QED) is 0.758. The highest BCUT2D eigenvalue weighted by atomic mass is 16.5. The molecule has 1 N–H and O–H groups in total. The highest BCUT2D eigenvalue weighted by Gasteiger charge is 2.20. The Bertz CT molecular complexity index is 419. The van der Waals surface area contributed by atoms with E-state index in [2.05, 4.69) is 37.1 Å². The second-order valence-electron chi connectivity index (χ2n) is 6.39. The van der Waals surface area contributed by atoms with Crippen LogP contribution in [-0.4, -0.2) is 50.9 Å². The van der Waals surface area contributed by atoms with Gasteiger partial charge in [-0.3, -0.25) is 0 Å². The molecule has 0 aromatic heterocycles. The number of nitrogens with zero attached hydrogens (tertiary/aromatic N) is 1. The smallest absolute Gasteiger partial charge is 0.121 e. The van der Waals surface area contributed by atoms with Crippen molar-refractivity contribution in [1.82, 2.24) is 4.90 Å². The van der Waals surface area contributed by atoms with Crippen LogP contribution in [0.5, 0.6) is 5.75 Å². The van der Waals surface area contributed by atoms with E-state index in [-0.39, 0.29) is 5.60 Å². The average Bonchev–Trinajstić information content (AvgIpc) is 2.38. The molecule has 1 rings (SSSR count). The molecule has 0 saturated carbocycles. The minimum Gasteiger partial charge on any atom is -0.492 e. The Kier molecular flexibility index (Phi) is 6.99. The molecule has 0 aliphatic rings. The lowest BCUT2D eigenvalue weighted by molar-refractivity contribution is 0.0128. The van der Waals surface area contributed by atoms with Gasteiger partial charge in [0, 0.05) is 31.5 Å². The van der Waals surface area contributed by atoms with Crippen LogP contribution >= 0.6 is 0 Å². The SMILES string of the molecule is COC(C)(C)CC(C)Nc1cccc(OCCN(C)C)c1. The van der Waals surface area contributed by atoms with Crippen molar-refractivity contribution >= 4 is 5.69 Å². The van der Waals surface area contributed by atoms with Crippen molar-refractivity contribution in [2.75, 3.05) is 39.7 Å². The van der Waals surface area contributed by atoms with Gasteiger partial charge in [0.1, 0.15) is 12.4 Å². The molecule has 0 fully saturated rings. The fourth-order valence-electron chi connectivity index (χ4n) is 2.18. The zero-order valence-corrected chi connectivity index (χ0v) is 14.3. The summed E-state index contributed by atoms with van der Waals surface area (Å²) in [5, 5.41) is 3.50. The molecule has 120 valence electrons. The first-order valence-electron chi connectivity index (χ1n) is 7.52. The summed E-state index contributed by atoms with van der Waals surface area (Å²) in [6.45, 7) is 7.98. The third kappa shape index (κ3) is 7.34. The van der Waals surface area contributed by atoms with Crippen molar-refractivity contribution in [1.29, 1.82) is 0 Å². The molecule has 1 aromatic rings. The zero-order valence-electron chi connectivity index (χ0n) is 14.3. The summed E-state index contributed by atoms with van der Waals surface area (Å²) < 4.78 is 11.2. The van der Waals surface area contributed by atoms with E-state index in [0.29, 0.717) is 12.6 Å². The maximum Gasteiger partial charge on any atom is 0.121 e. The Morgan fingerprint density at radius 2 is 2.00 bits per heavy atom. The van der Waals surface area contributed by atoms with E-state index in [9.17, 15) is 0 Å². The summed E-state index contributed by atoms with van der Waals surface area (Å²) in [7, 11) is 5.84. The van der Waals surface area contributed by atoms with E-state index in [4.69, 9.17) is 9.47 Å². The fraction of sp³-hybridized carbons (Fsp3) is 0.647. The molecule has 4 heteroatoms. The Morgan fingerprint density at radius 3 is 2.62 bits per heavy atom. The molecular formula is C17H30N2O2. The third-order valence-electron chi connectivity index (χ3n) is 3.40. The van der Waals surface area contributed by atoms with Gasteiger partial charge in [0.2, 0.25) is 0 Å². The molecule has 0 radical (unpaired) electrons. The number of hydrogen-bond acceptors (Lipinski definition) is 4. The van der Waals surface area contributed by atoms with E-state index < -0.39 is 0 Å². The number of methoxy groups -OCH3 is 1. The Hall–Kier alpha value is -1.26. The molecular weight excluding hydrogens is 264 g/mol. The van der Waals surface area contributed by atoms with Gasteiger partial charge >= 0.3 is 0 Å². The second-order valence-corrected chi connectivity index (χ2v) is 6.39. The van der Waals surface area contributed by atoms with Crippen LogP contribution in [0.25, 0.3) is 0 Å². The van der Waals surface area contributed by atoms with Crippen LogP contribution in [0.4, 0.5) is 5.69 Å². The molecule has 0 bridgehead atoms. The van der Waals surface area contributed by atoms with Crippen LogP contribution < -0.4 is 10.1 Å². The standard InChI is InChI=1S/C17H30N2O2/c1-14(13-17(2,3)20-6)18-15-8-7-9-16(12-15)21-11-10-19(4)5/h7-9,12,14,18H,10-11,13H2,1-6H3. The fourth-order valence-corrected chi connectivity index (χ4v) is 2.18. The van der Waals surface area contributed by atoms with Gasteiger partial charge in [0.25, 0.3) is 0 Å². The number of ether oxygens (including phenoxy) is 2. The van der Waals surface area contributed by atoms with E-state index in [1.807, 2.05) is 32.3 Å². The van der Waals surface area contributed by atoms with Gasteiger partial charge < -0.3 is 19.7 Å². The van der Waals surface area contributed by atoms with Crippen molar-refractivity contribution < 1.29 is 9.47 Å². The van der Waals surface area contributed by atoms with Crippen molar-refractivity contribution in [3.05, 3.63) is 24.3 Å². The number of hydrogen-bond donors (Lipinski definition) is 1. The van der Waals surface area contributed by atoms with Gasteiger partial charge in [-0.2, -0.15) is 0 Å². The molecule has 0 saturated heterocycles. The average molecular weight is 294 g/mol. The maximum absolute atomic E-state index is 5.75. The molecule has 1 atom stereocenters. The van der Waals surface area contributed by atoms with Crippen LogP contribution in [0, 0.1) is 0 Å². The summed E-state index contributed by atoms with van der Waals surface area (Å²) in [5.41, 5.74) is 0.962. The lowest BCUT2D eigenvalue weighted by atomic mass is 10.00. The molecule has 21 heavy (non-hydrogen) atoms. The third-order valence-corrected chi connectivity index (χ3v) is 3.40. The molecule has 0 spiro atoms. The summed E-state index contributed by atoms with van der Waals surface area (Å²) in [6, 6.07) is 8.45. The highest BCUT2D eigenvalue weighted by molar-refractivity contribution is 5.48. The van der Waals surface area contributed by atoms with Crippen LogP contribution in [0.3, 0.4) is 0 Å². The van der Waals surface area contributed by atoms with Crippen LogP contribution in [0.15, 0.2) is 24.3 Å². The largest absolute Gasteiger partial charge is 0.492 e. The molecule has 0 aliphatic carbocycles. The lowest BCUT2D eigenvalue weighted by Crippen LogP contribution is -2.31.